The molecule has 0 heterocycles. The molecule has 0 radical (unpaired) electrons. The highest BCUT2D eigenvalue weighted by Crippen LogP contribution is 2.19. The van der Waals surface area contributed by atoms with Crippen LogP contribution in [-0.4, -0.2) is 5.48 Å². The fourth-order valence-electron chi connectivity index (χ4n) is 3.20. The Hall–Kier alpha value is -2.64. The van der Waals surface area contributed by atoms with E-state index >= 15 is 0 Å². The third kappa shape index (κ3) is 4.26. The number of benzene rings is 4. The molecule has 0 amide bonds. The third-order valence-electron chi connectivity index (χ3n) is 4.52. The molecular formula is C24H26O. The first-order chi connectivity index (χ1) is 11.8. The molecule has 25 heavy (non-hydrogen) atoms. The van der Waals surface area contributed by atoms with E-state index in [1.54, 1.807) is 0 Å². The van der Waals surface area contributed by atoms with E-state index in [1.165, 1.54) is 32.7 Å². The number of hydrogen-bond donors (Lipinski definition) is 0. The van der Waals surface area contributed by atoms with Crippen molar-refractivity contribution in [1.29, 1.82) is 0 Å². The molecule has 0 saturated carbocycles. The van der Waals surface area contributed by atoms with E-state index in [4.69, 9.17) is 0 Å². The van der Waals surface area contributed by atoms with Crippen molar-refractivity contribution >= 4 is 21.5 Å². The summed E-state index contributed by atoms with van der Waals surface area (Å²) in [7, 11) is 0. The first-order valence-electron chi connectivity index (χ1n) is 8.76. The monoisotopic (exact) mass is 330 g/mol. The molecule has 0 atom stereocenters. The van der Waals surface area contributed by atoms with Crippen molar-refractivity contribution in [2.75, 3.05) is 0 Å². The first-order valence-corrected chi connectivity index (χ1v) is 8.76. The van der Waals surface area contributed by atoms with Gasteiger partial charge in [-0.2, -0.15) is 0 Å². The molecule has 4 aromatic carbocycles. The van der Waals surface area contributed by atoms with Gasteiger partial charge in [0.25, 0.3) is 0 Å². The fourth-order valence-corrected chi connectivity index (χ4v) is 3.20. The van der Waals surface area contributed by atoms with Crippen LogP contribution in [0, 0.1) is 0 Å². The Labute approximate surface area is 150 Å². The highest BCUT2D eigenvalue weighted by atomic mass is 16.0. The Bertz CT molecular complexity index is 851. The lowest BCUT2D eigenvalue weighted by atomic mass is 10.0. The van der Waals surface area contributed by atoms with E-state index in [0.29, 0.717) is 0 Å². The van der Waals surface area contributed by atoms with E-state index in [1.807, 2.05) is 0 Å². The second-order valence-corrected chi connectivity index (χ2v) is 5.98. The predicted molar refractivity (Wildman–Crippen MR) is 110 cm³/mol. The Morgan fingerprint density at radius 3 is 1.24 bits per heavy atom. The Morgan fingerprint density at radius 2 is 0.840 bits per heavy atom. The van der Waals surface area contributed by atoms with E-state index in [-0.39, 0.29) is 5.48 Å². The number of hydrogen-bond acceptors (Lipinski definition) is 0. The molecule has 4 aromatic rings. The van der Waals surface area contributed by atoms with Crippen LogP contribution in [0.3, 0.4) is 0 Å². The van der Waals surface area contributed by atoms with Crippen LogP contribution in [-0.2, 0) is 12.8 Å². The summed E-state index contributed by atoms with van der Waals surface area (Å²) in [5, 5.41) is 5.47. The van der Waals surface area contributed by atoms with Gasteiger partial charge in [0.2, 0.25) is 0 Å². The Balaban J connectivity index is 0.000000173. The van der Waals surface area contributed by atoms with E-state index in [2.05, 4.69) is 98.8 Å². The van der Waals surface area contributed by atoms with Crippen LogP contribution in [0.1, 0.15) is 25.0 Å². The van der Waals surface area contributed by atoms with Crippen molar-refractivity contribution in [3.8, 4) is 0 Å². The third-order valence-corrected chi connectivity index (χ3v) is 4.52. The largest absolute Gasteiger partial charge is 0.412 e. The quantitative estimate of drug-likeness (QED) is 0.433. The molecule has 0 aromatic heterocycles. The molecule has 0 spiro atoms. The molecule has 0 unspecified atom stereocenters. The maximum Gasteiger partial charge on any atom is -0.0152 e. The van der Waals surface area contributed by atoms with Gasteiger partial charge in [-0.15, -0.1) is 0 Å². The number of aryl methyl sites for hydroxylation is 2. The Morgan fingerprint density at radius 1 is 0.480 bits per heavy atom. The number of fused-ring (bicyclic) bond motifs is 2. The normalized spacial score (nSPS) is 10.0. The van der Waals surface area contributed by atoms with Crippen molar-refractivity contribution in [2.24, 2.45) is 0 Å². The molecule has 4 rings (SSSR count). The molecule has 1 nitrogen and oxygen atoms in total. The molecule has 1 heteroatoms. The van der Waals surface area contributed by atoms with Crippen LogP contribution in [0.4, 0.5) is 0 Å². The lowest BCUT2D eigenvalue weighted by molar-refractivity contribution is 0.824. The summed E-state index contributed by atoms with van der Waals surface area (Å²) in [4.78, 5) is 0. The minimum atomic E-state index is 0. The van der Waals surface area contributed by atoms with Crippen LogP contribution in [0.5, 0.6) is 0 Å². The summed E-state index contributed by atoms with van der Waals surface area (Å²) in [6.07, 6.45) is 2.22. The minimum Gasteiger partial charge on any atom is -0.412 e. The van der Waals surface area contributed by atoms with Gasteiger partial charge in [-0.1, -0.05) is 98.8 Å². The van der Waals surface area contributed by atoms with E-state index in [0.717, 1.165) is 12.8 Å². The molecule has 0 aliphatic rings. The van der Waals surface area contributed by atoms with Gasteiger partial charge in [0.15, 0.2) is 0 Å². The zero-order valence-electron chi connectivity index (χ0n) is 15.0. The van der Waals surface area contributed by atoms with Crippen LogP contribution >= 0.6 is 0 Å². The predicted octanol–water partition coefficient (Wildman–Crippen LogP) is 5.98. The van der Waals surface area contributed by atoms with Gasteiger partial charge in [0.1, 0.15) is 0 Å². The first kappa shape index (κ1) is 18.7. The highest BCUT2D eigenvalue weighted by Gasteiger charge is 1.96. The fraction of sp³-hybridized carbons (Fsp3) is 0.167. The zero-order chi connectivity index (χ0) is 16.8. The van der Waals surface area contributed by atoms with Gasteiger partial charge in [-0.25, -0.2) is 0 Å². The summed E-state index contributed by atoms with van der Waals surface area (Å²) < 4.78 is 0. The summed E-state index contributed by atoms with van der Waals surface area (Å²) in [6, 6.07) is 30.0. The van der Waals surface area contributed by atoms with Crippen molar-refractivity contribution in [3.05, 3.63) is 96.1 Å². The zero-order valence-corrected chi connectivity index (χ0v) is 15.0. The second kappa shape index (κ2) is 9.00. The highest BCUT2D eigenvalue weighted by molar-refractivity contribution is 5.86. The maximum atomic E-state index is 2.20. The van der Waals surface area contributed by atoms with Crippen LogP contribution in [0.25, 0.3) is 21.5 Å². The molecular weight excluding hydrogens is 304 g/mol. The van der Waals surface area contributed by atoms with Gasteiger partial charge >= 0.3 is 0 Å². The lowest BCUT2D eigenvalue weighted by Crippen LogP contribution is -1.81. The van der Waals surface area contributed by atoms with Gasteiger partial charge in [-0.05, 0) is 45.5 Å². The average Bonchev–Trinajstić information content (AvgIpc) is 2.67. The molecule has 0 aliphatic heterocycles. The average molecular weight is 330 g/mol. The molecule has 2 N–H and O–H groups in total. The molecule has 0 fully saturated rings. The topological polar surface area (TPSA) is 31.5 Å². The second-order valence-electron chi connectivity index (χ2n) is 5.98. The van der Waals surface area contributed by atoms with Crippen LogP contribution < -0.4 is 0 Å². The van der Waals surface area contributed by atoms with Gasteiger partial charge < -0.3 is 5.48 Å². The van der Waals surface area contributed by atoms with Crippen molar-refractivity contribution in [3.63, 3.8) is 0 Å². The maximum absolute atomic E-state index is 2.20. The van der Waals surface area contributed by atoms with Gasteiger partial charge in [0.05, 0.1) is 0 Å². The van der Waals surface area contributed by atoms with Gasteiger partial charge in [-0.3, -0.25) is 0 Å². The van der Waals surface area contributed by atoms with E-state index in [9.17, 15) is 0 Å². The van der Waals surface area contributed by atoms with Crippen molar-refractivity contribution in [2.45, 2.75) is 26.7 Å². The summed E-state index contributed by atoms with van der Waals surface area (Å²) in [6.45, 7) is 4.39. The molecule has 128 valence electrons. The number of rotatable bonds is 2. The standard InChI is InChI=1S/2C12H12.H2O/c2*1-2-10-7-5-8-11-6-3-4-9-12(10)11;/h2*3-9H,2H2,1H3;1H2. The summed E-state index contributed by atoms with van der Waals surface area (Å²) >= 11 is 0. The van der Waals surface area contributed by atoms with Crippen LogP contribution in [0.15, 0.2) is 84.9 Å². The molecule has 0 saturated heterocycles. The smallest absolute Gasteiger partial charge is 0.0152 e. The van der Waals surface area contributed by atoms with Gasteiger partial charge in [0, 0.05) is 0 Å². The molecule has 0 aliphatic carbocycles. The van der Waals surface area contributed by atoms with Crippen molar-refractivity contribution < 1.29 is 5.48 Å². The minimum absolute atomic E-state index is 0. The lowest BCUT2D eigenvalue weighted by Gasteiger charge is -2.02. The van der Waals surface area contributed by atoms with Crippen molar-refractivity contribution in [1.82, 2.24) is 0 Å². The van der Waals surface area contributed by atoms with Crippen LogP contribution in [0.2, 0.25) is 0 Å². The SMILES string of the molecule is CCc1cccc2ccccc12.CCc1cccc2ccccc12.O. The van der Waals surface area contributed by atoms with E-state index < -0.39 is 0 Å². The summed E-state index contributed by atoms with van der Waals surface area (Å²) in [5.41, 5.74) is 2.88. The Kier molecular flexibility index (Phi) is 6.73. The summed E-state index contributed by atoms with van der Waals surface area (Å²) in [5.74, 6) is 0. The molecule has 0 bridgehead atoms.